The van der Waals surface area contributed by atoms with Gasteiger partial charge in [0.25, 0.3) is 5.91 Å². The van der Waals surface area contributed by atoms with Gasteiger partial charge in [0.05, 0.1) is 13.2 Å². The number of hydrogen-bond donors (Lipinski definition) is 3. The smallest absolute Gasteiger partial charge is 0.334 e. The third-order valence-electron chi connectivity index (χ3n) is 9.52. The van der Waals surface area contributed by atoms with Gasteiger partial charge in [0, 0.05) is 26.1 Å². The normalized spacial score (nSPS) is 25.9. The zero-order valence-electron chi connectivity index (χ0n) is 33.4. The van der Waals surface area contributed by atoms with E-state index in [-0.39, 0.29) is 37.7 Å². The van der Waals surface area contributed by atoms with Crippen molar-refractivity contribution in [2.24, 2.45) is 11.8 Å². The fourth-order valence-corrected chi connectivity index (χ4v) is 5.89. The Morgan fingerprint density at radius 2 is 1.54 bits per heavy atom. The Morgan fingerprint density at radius 1 is 0.870 bits per heavy atom. The molecule has 0 saturated heterocycles. The molecule has 5 amide bonds. The van der Waals surface area contributed by atoms with Crippen LogP contribution in [0.15, 0.2) is 42.0 Å². The zero-order chi connectivity index (χ0) is 40.5. The Bertz CT molecular complexity index is 1480. The highest BCUT2D eigenvalue weighted by atomic mass is 16.5. The Hall–Kier alpha value is -4.75. The third kappa shape index (κ3) is 14.2. The van der Waals surface area contributed by atoms with Gasteiger partial charge < -0.3 is 35.2 Å². The number of hydrogen-bond acceptors (Lipinski definition) is 9. The van der Waals surface area contributed by atoms with Crippen LogP contribution in [-0.4, -0.2) is 109 Å². The minimum Gasteiger partial charge on any atom is -0.464 e. The van der Waals surface area contributed by atoms with Crippen LogP contribution in [0.4, 0.5) is 0 Å². The van der Waals surface area contributed by atoms with Crippen molar-refractivity contribution in [2.75, 3.05) is 27.2 Å². The Labute approximate surface area is 320 Å². The first-order valence-corrected chi connectivity index (χ1v) is 19.0. The van der Waals surface area contributed by atoms with Crippen molar-refractivity contribution >= 4 is 41.5 Å². The van der Waals surface area contributed by atoms with Crippen LogP contribution < -0.4 is 16.0 Å². The molecule has 6 atom stereocenters. The summed E-state index contributed by atoms with van der Waals surface area (Å²) in [6.45, 7) is 11.9. The first-order chi connectivity index (χ1) is 25.5. The second-order valence-corrected chi connectivity index (χ2v) is 14.6. The van der Waals surface area contributed by atoms with E-state index in [0.717, 1.165) is 5.56 Å². The second-order valence-electron chi connectivity index (χ2n) is 14.6. The molecule has 0 aromatic heterocycles. The lowest BCUT2D eigenvalue weighted by Gasteiger charge is -2.33. The second kappa shape index (κ2) is 22.5. The van der Waals surface area contributed by atoms with E-state index in [4.69, 9.17) is 9.47 Å². The standard InChI is InChI=1S/C40H61N5O9/c1-10-26(5)34-36(48)42-30(11-2)40(52)53-21-17-13-14-18-27(6)39(51)54-32(22-25(3)4)35(47)41-28(7)37(49)45(9)31(23-29-19-15-12-16-20-29)38(50)44(8)24-33(46)43-34/h12,15-16,18-20,25-26,28,30-32,34H,10-11,13-14,17,21-24H2,1-9H3,(H,41,47)(H,42,48)(H,43,46)/b27-18+/t26?,28-,30+,31+,32+,34-/m0/s1. The summed E-state index contributed by atoms with van der Waals surface area (Å²) in [7, 11) is 2.89. The quantitative estimate of drug-likeness (QED) is 0.353. The van der Waals surface area contributed by atoms with Crippen molar-refractivity contribution in [3.63, 3.8) is 0 Å². The zero-order valence-corrected chi connectivity index (χ0v) is 33.4. The van der Waals surface area contributed by atoms with Gasteiger partial charge in [0.15, 0.2) is 6.10 Å². The average Bonchev–Trinajstić information content (AvgIpc) is 3.14. The molecule has 1 aliphatic rings. The number of carbonyl (C=O) groups is 7. The number of amides is 5. The van der Waals surface area contributed by atoms with E-state index < -0.39 is 78.3 Å². The van der Waals surface area contributed by atoms with Crippen molar-refractivity contribution in [3.05, 3.63) is 47.5 Å². The number of ether oxygens (including phenoxy) is 2. The topological polar surface area (TPSA) is 181 Å². The number of benzene rings is 1. The van der Waals surface area contributed by atoms with E-state index in [0.29, 0.717) is 31.3 Å². The molecule has 1 aromatic rings. The van der Waals surface area contributed by atoms with Crippen LogP contribution in [0, 0.1) is 11.8 Å². The summed E-state index contributed by atoms with van der Waals surface area (Å²) in [5.74, 6) is -4.52. The summed E-state index contributed by atoms with van der Waals surface area (Å²) in [6.07, 6.45) is 3.23. The van der Waals surface area contributed by atoms with Crippen LogP contribution in [0.1, 0.15) is 92.6 Å². The number of nitrogens with zero attached hydrogens (tertiary/aromatic N) is 2. The van der Waals surface area contributed by atoms with Crippen molar-refractivity contribution in [1.82, 2.24) is 25.8 Å². The molecule has 0 fully saturated rings. The van der Waals surface area contributed by atoms with E-state index in [2.05, 4.69) is 16.0 Å². The molecular formula is C40H61N5O9. The molecule has 1 aliphatic heterocycles. The Kier molecular flexibility index (Phi) is 18.9. The molecule has 300 valence electrons. The minimum atomic E-state index is -1.17. The van der Waals surface area contributed by atoms with E-state index in [1.165, 1.54) is 30.8 Å². The fraction of sp³-hybridized carbons (Fsp3) is 0.625. The molecule has 1 aromatic carbocycles. The number of allylic oxidation sites excluding steroid dienone is 1. The third-order valence-corrected chi connectivity index (χ3v) is 9.52. The molecule has 0 saturated carbocycles. The van der Waals surface area contributed by atoms with Crippen LogP contribution in [0.2, 0.25) is 0 Å². The van der Waals surface area contributed by atoms with Gasteiger partial charge in [-0.15, -0.1) is 0 Å². The van der Waals surface area contributed by atoms with Gasteiger partial charge in [-0.2, -0.15) is 0 Å². The van der Waals surface area contributed by atoms with Crippen molar-refractivity contribution in [3.8, 4) is 0 Å². The summed E-state index contributed by atoms with van der Waals surface area (Å²) < 4.78 is 11.1. The van der Waals surface area contributed by atoms with E-state index in [1.807, 2.05) is 39.0 Å². The predicted octanol–water partition coefficient (Wildman–Crippen LogP) is 3.08. The van der Waals surface area contributed by atoms with Crippen LogP contribution in [0.5, 0.6) is 0 Å². The number of nitrogens with one attached hydrogen (secondary N) is 3. The number of cyclic esters (lactones) is 2. The molecule has 2 rings (SSSR count). The molecular weight excluding hydrogens is 694 g/mol. The van der Waals surface area contributed by atoms with Crippen LogP contribution in [0.3, 0.4) is 0 Å². The molecule has 1 unspecified atom stereocenters. The SMILES string of the molecule is CCC(C)[C@@H]1NC(=O)CN(C)C(=O)[C@@H](Cc2ccccc2)N(C)C(=O)[C@H](C)NC(=O)[C@@H](CC(C)C)OC(=O)/C(C)=C/CCCCOC(=O)[C@@H](CC)NC1=O. The summed E-state index contributed by atoms with van der Waals surface area (Å²) >= 11 is 0. The maximum absolute atomic E-state index is 14.0. The minimum absolute atomic E-state index is 0.0173. The van der Waals surface area contributed by atoms with Gasteiger partial charge in [0.2, 0.25) is 23.6 Å². The van der Waals surface area contributed by atoms with E-state index in [9.17, 15) is 33.6 Å². The van der Waals surface area contributed by atoms with Crippen LogP contribution in [0.25, 0.3) is 0 Å². The van der Waals surface area contributed by atoms with Gasteiger partial charge in [-0.25, -0.2) is 9.59 Å². The lowest BCUT2D eigenvalue weighted by atomic mass is 9.97. The highest BCUT2D eigenvalue weighted by Gasteiger charge is 2.35. The molecule has 0 spiro atoms. The summed E-state index contributed by atoms with van der Waals surface area (Å²) in [4.78, 5) is 96.6. The van der Waals surface area contributed by atoms with Gasteiger partial charge in [-0.1, -0.05) is 77.4 Å². The van der Waals surface area contributed by atoms with Gasteiger partial charge in [-0.3, -0.25) is 24.0 Å². The summed E-state index contributed by atoms with van der Waals surface area (Å²) in [5, 5.41) is 8.13. The lowest BCUT2D eigenvalue weighted by Crippen LogP contribution is -2.57. The van der Waals surface area contributed by atoms with Crippen molar-refractivity contribution in [2.45, 2.75) is 124 Å². The number of rotatable bonds is 7. The maximum atomic E-state index is 14.0. The first kappa shape index (κ1) is 45.4. The number of likely N-dealkylation sites (N-methyl/N-ethyl adjacent to an activating group) is 2. The van der Waals surface area contributed by atoms with Crippen LogP contribution in [-0.2, 0) is 49.5 Å². The first-order valence-electron chi connectivity index (χ1n) is 19.0. The predicted molar refractivity (Wildman–Crippen MR) is 203 cm³/mol. The van der Waals surface area contributed by atoms with Crippen molar-refractivity contribution < 1.29 is 43.0 Å². The average molecular weight is 756 g/mol. The Balaban J connectivity index is 2.48. The largest absolute Gasteiger partial charge is 0.464 e. The van der Waals surface area contributed by atoms with Gasteiger partial charge >= 0.3 is 11.9 Å². The van der Waals surface area contributed by atoms with Gasteiger partial charge in [0.1, 0.15) is 24.2 Å². The summed E-state index contributed by atoms with van der Waals surface area (Å²) in [5.41, 5.74) is 1.07. The molecule has 3 N–H and O–H groups in total. The summed E-state index contributed by atoms with van der Waals surface area (Å²) in [6, 6.07) is 4.96. The molecule has 14 nitrogen and oxygen atoms in total. The number of esters is 2. The highest BCUT2D eigenvalue weighted by Crippen LogP contribution is 2.16. The monoisotopic (exact) mass is 755 g/mol. The maximum Gasteiger partial charge on any atom is 0.334 e. The molecule has 1 heterocycles. The van der Waals surface area contributed by atoms with Crippen molar-refractivity contribution in [1.29, 1.82) is 0 Å². The highest BCUT2D eigenvalue weighted by molar-refractivity contribution is 5.96. The molecule has 0 bridgehead atoms. The molecule has 54 heavy (non-hydrogen) atoms. The van der Waals surface area contributed by atoms with Gasteiger partial charge in [-0.05, 0) is 63.4 Å². The molecule has 0 aliphatic carbocycles. The fourth-order valence-electron chi connectivity index (χ4n) is 5.89. The molecule has 0 radical (unpaired) electrons. The lowest BCUT2D eigenvalue weighted by molar-refractivity contribution is -0.154. The molecule has 14 heteroatoms. The van der Waals surface area contributed by atoms with Crippen LogP contribution >= 0.6 is 0 Å². The van der Waals surface area contributed by atoms with E-state index >= 15 is 0 Å². The number of carbonyl (C=O) groups excluding carboxylic acids is 7. The van der Waals surface area contributed by atoms with E-state index in [1.54, 1.807) is 39.0 Å². The Morgan fingerprint density at radius 3 is 2.15 bits per heavy atom.